The molecule has 12 heavy (non-hydrogen) atoms. The summed E-state index contributed by atoms with van der Waals surface area (Å²) in [7, 11) is 0. The van der Waals surface area contributed by atoms with Crippen molar-refractivity contribution in [3.63, 3.8) is 0 Å². The van der Waals surface area contributed by atoms with Gasteiger partial charge in [0.1, 0.15) is 11.8 Å². The molecule has 0 N–H and O–H groups in total. The van der Waals surface area contributed by atoms with Gasteiger partial charge in [-0.1, -0.05) is 19.2 Å². The number of hydrogen-bond donors (Lipinski definition) is 0. The van der Waals surface area contributed by atoms with E-state index in [1.807, 2.05) is 6.07 Å². The quantitative estimate of drug-likeness (QED) is 0.658. The summed E-state index contributed by atoms with van der Waals surface area (Å²) in [6, 6.07) is 5.42. The maximum atomic E-state index is 8.55. The standard InChI is InChI=1S/C10H8N2/c1-3-8-5-6-9(7-11)12-10(8)4-2/h3-6H,1-2H2. The van der Waals surface area contributed by atoms with Gasteiger partial charge in [-0.15, -0.1) is 0 Å². The van der Waals surface area contributed by atoms with Gasteiger partial charge in [0.15, 0.2) is 0 Å². The highest BCUT2D eigenvalue weighted by Crippen LogP contribution is 2.09. The third kappa shape index (κ3) is 1.40. The smallest absolute Gasteiger partial charge is 0.141 e. The van der Waals surface area contributed by atoms with E-state index in [1.165, 1.54) is 0 Å². The molecule has 2 nitrogen and oxygen atoms in total. The monoisotopic (exact) mass is 156 g/mol. The third-order valence-electron chi connectivity index (χ3n) is 1.49. The summed E-state index contributed by atoms with van der Waals surface area (Å²) in [4.78, 5) is 4.03. The van der Waals surface area contributed by atoms with Crippen LogP contribution in [0.3, 0.4) is 0 Å². The van der Waals surface area contributed by atoms with E-state index >= 15 is 0 Å². The number of nitrogens with zero attached hydrogens (tertiary/aromatic N) is 2. The molecule has 0 saturated carbocycles. The van der Waals surface area contributed by atoms with Gasteiger partial charge in [-0.2, -0.15) is 5.26 Å². The zero-order valence-electron chi connectivity index (χ0n) is 6.62. The van der Waals surface area contributed by atoms with Crippen molar-refractivity contribution in [1.29, 1.82) is 5.26 Å². The summed E-state index contributed by atoms with van der Waals surface area (Å²) in [6.07, 6.45) is 3.29. The van der Waals surface area contributed by atoms with Gasteiger partial charge in [0.2, 0.25) is 0 Å². The number of pyridine rings is 1. The van der Waals surface area contributed by atoms with Crippen molar-refractivity contribution in [2.24, 2.45) is 0 Å². The summed E-state index contributed by atoms with van der Waals surface area (Å²) < 4.78 is 0. The lowest BCUT2D eigenvalue weighted by Crippen LogP contribution is -1.89. The molecule has 0 aliphatic carbocycles. The second-order valence-corrected chi connectivity index (χ2v) is 2.19. The fourth-order valence-corrected chi connectivity index (χ4v) is 0.884. The normalized spacial score (nSPS) is 8.58. The van der Waals surface area contributed by atoms with Crippen LogP contribution in [0.5, 0.6) is 0 Å². The van der Waals surface area contributed by atoms with Crippen molar-refractivity contribution < 1.29 is 0 Å². The predicted octanol–water partition coefficient (Wildman–Crippen LogP) is 2.24. The summed E-state index contributed by atoms with van der Waals surface area (Å²) >= 11 is 0. The van der Waals surface area contributed by atoms with Crippen LogP contribution in [-0.4, -0.2) is 4.98 Å². The molecule has 0 saturated heterocycles. The zero-order valence-corrected chi connectivity index (χ0v) is 6.62. The van der Waals surface area contributed by atoms with Gasteiger partial charge in [0.25, 0.3) is 0 Å². The van der Waals surface area contributed by atoms with Crippen LogP contribution < -0.4 is 0 Å². The minimum absolute atomic E-state index is 0.399. The van der Waals surface area contributed by atoms with Gasteiger partial charge in [-0.05, 0) is 23.8 Å². The molecule has 0 aliphatic rings. The van der Waals surface area contributed by atoms with Gasteiger partial charge in [0.05, 0.1) is 5.69 Å². The van der Waals surface area contributed by atoms with Crippen molar-refractivity contribution >= 4 is 12.2 Å². The molecule has 0 bridgehead atoms. The average Bonchev–Trinajstić information content (AvgIpc) is 2.16. The van der Waals surface area contributed by atoms with Crippen LogP contribution >= 0.6 is 0 Å². The lowest BCUT2D eigenvalue weighted by molar-refractivity contribution is 1.23. The first-order valence-corrected chi connectivity index (χ1v) is 3.48. The lowest BCUT2D eigenvalue weighted by Gasteiger charge is -1.98. The Labute approximate surface area is 71.5 Å². The Morgan fingerprint density at radius 3 is 2.58 bits per heavy atom. The van der Waals surface area contributed by atoms with Crippen molar-refractivity contribution in [3.8, 4) is 6.07 Å². The summed E-state index contributed by atoms with van der Waals surface area (Å²) in [6.45, 7) is 7.22. The summed E-state index contributed by atoms with van der Waals surface area (Å²) in [5, 5.41) is 8.55. The molecule has 0 aliphatic heterocycles. The fourth-order valence-electron chi connectivity index (χ4n) is 0.884. The van der Waals surface area contributed by atoms with E-state index in [0.717, 1.165) is 5.56 Å². The zero-order chi connectivity index (χ0) is 8.97. The summed E-state index contributed by atoms with van der Waals surface area (Å²) in [5.41, 5.74) is 1.99. The van der Waals surface area contributed by atoms with E-state index in [4.69, 9.17) is 5.26 Å². The molecular weight excluding hydrogens is 148 g/mol. The Morgan fingerprint density at radius 1 is 1.33 bits per heavy atom. The first-order chi connectivity index (χ1) is 5.81. The Hall–Kier alpha value is -1.88. The Balaban J connectivity index is 3.30. The summed E-state index contributed by atoms with van der Waals surface area (Å²) in [5.74, 6) is 0. The van der Waals surface area contributed by atoms with Gasteiger partial charge in [-0.3, -0.25) is 0 Å². The third-order valence-corrected chi connectivity index (χ3v) is 1.49. The molecule has 1 heterocycles. The van der Waals surface area contributed by atoms with E-state index in [2.05, 4.69) is 18.1 Å². The molecule has 2 heteroatoms. The second kappa shape index (κ2) is 3.49. The molecule has 0 radical (unpaired) electrons. The van der Waals surface area contributed by atoms with Crippen LogP contribution in [-0.2, 0) is 0 Å². The largest absolute Gasteiger partial charge is 0.237 e. The molecule has 1 rings (SSSR count). The number of hydrogen-bond acceptors (Lipinski definition) is 2. The Bertz CT molecular complexity index is 359. The van der Waals surface area contributed by atoms with Crippen LogP contribution in [0.15, 0.2) is 25.3 Å². The second-order valence-electron chi connectivity index (χ2n) is 2.19. The van der Waals surface area contributed by atoms with Crippen molar-refractivity contribution in [2.45, 2.75) is 0 Å². The predicted molar refractivity (Wildman–Crippen MR) is 49.1 cm³/mol. The fraction of sp³-hybridized carbons (Fsp3) is 0. The lowest BCUT2D eigenvalue weighted by atomic mass is 10.2. The van der Waals surface area contributed by atoms with Gasteiger partial charge >= 0.3 is 0 Å². The Morgan fingerprint density at radius 2 is 2.08 bits per heavy atom. The average molecular weight is 156 g/mol. The molecule has 58 valence electrons. The highest BCUT2D eigenvalue weighted by atomic mass is 14.7. The topological polar surface area (TPSA) is 36.7 Å². The molecular formula is C10H8N2. The SMILES string of the molecule is C=Cc1ccc(C#N)nc1C=C. The number of rotatable bonds is 2. The molecule has 0 spiro atoms. The van der Waals surface area contributed by atoms with Crippen LogP contribution in [0.4, 0.5) is 0 Å². The molecule has 0 fully saturated rings. The first-order valence-electron chi connectivity index (χ1n) is 3.48. The minimum Gasteiger partial charge on any atom is -0.237 e. The maximum absolute atomic E-state index is 8.55. The van der Waals surface area contributed by atoms with E-state index in [0.29, 0.717) is 11.4 Å². The minimum atomic E-state index is 0.399. The molecule has 0 aromatic carbocycles. The molecule has 1 aromatic heterocycles. The van der Waals surface area contributed by atoms with E-state index in [-0.39, 0.29) is 0 Å². The van der Waals surface area contributed by atoms with Crippen molar-refractivity contribution in [2.75, 3.05) is 0 Å². The van der Waals surface area contributed by atoms with Crippen LogP contribution in [0.1, 0.15) is 17.0 Å². The van der Waals surface area contributed by atoms with Crippen molar-refractivity contribution in [3.05, 3.63) is 42.2 Å². The molecule has 1 aromatic rings. The highest BCUT2D eigenvalue weighted by molar-refractivity contribution is 5.60. The molecule has 0 unspecified atom stereocenters. The molecule has 0 atom stereocenters. The van der Waals surface area contributed by atoms with Crippen LogP contribution in [0, 0.1) is 11.3 Å². The van der Waals surface area contributed by atoms with Crippen LogP contribution in [0.2, 0.25) is 0 Å². The van der Waals surface area contributed by atoms with Crippen LogP contribution in [0.25, 0.3) is 12.2 Å². The van der Waals surface area contributed by atoms with E-state index in [9.17, 15) is 0 Å². The number of aromatic nitrogens is 1. The highest BCUT2D eigenvalue weighted by Gasteiger charge is 1.97. The Kier molecular flexibility index (Phi) is 2.39. The maximum Gasteiger partial charge on any atom is 0.141 e. The number of nitriles is 1. The van der Waals surface area contributed by atoms with Crippen molar-refractivity contribution in [1.82, 2.24) is 4.98 Å². The van der Waals surface area contributed by atoms with Gasteiger partial charge < -0.3 is 0 Å². The van der Waals surface area contributed by atoms with Gasteiger partial charge in [0, 0.05) is 0 Å². The van der Waals surface area contributed by atoms with E-state index in [1.54, 1.807) is 24.3 Å². The van der Waals surface area contributed by atoms with E-state index < -0.39 is 0 Å². The van der Waals surface area contributed by atoms with Gasteiger partial charge in [-0.25, -0.2) is 4.98 Å². The first kappa shape index (κ1) is 8.22. The molecule has 0 amide bonds.